The molecule has 0 bridgehead atoms. The summed E-state index contributed by atoms with van der Waals surface area (Å²) in [4.78, 5) is 11.8. The van der Waals surface area contributed by atoms with E-state index in [0.29, 0.717) is 26.1 Å². The van der Waals surface area contributed by atoms with Crippen LogP contribution in [0.5, 0.6) is 5.75 Å². The van der Waals surface area contributed by atoms with Gasteiger partial charge in [-0.15, -0.1) is 0 Å². The summed E-state index contributed by atoms with van der Waals surface area (Å²) in [5.41, 5.74) is 2.02. The lowest BCUT2D eigenvalue weighted by atomic mass is 10.2. The van der Waals surface area contributed by atoms with Gasteiger partial charge in [0.1, 0.15) is 5.75 Å². The first-order valence-corrected chi connectivity index (χ1v) is 7.16. The number of carbonyl (C=O) groups is 1. The fourth-order valence-electron chi connectivity index (χ4n) is 1.96. The van der Waals surface area contributed by atoms with Gasteiger partial charge in [-0.05, 0) is 37.6 Å². The predicted octanol–water partition coefficient (Wildman–Crippen LogP) is 2.30. The van der Waals surface area contributed by atoms with E-state index in [2.05, 4.69) is 10.4 Å². The number of aromatic nitrogens is 2. The van der Waals surface area contributed by atoms with Crippen molar-refractivity contribution in [2.45, 2.75) is 33.4 Å². The number of ether oxygens (including phenoxy) is 1. The fraction of sp³-hybridized carbons (Fsp3) is 0.375. The Kier molecular flexibility index (Phi) is 5.37. The number of carbonyl (C=O) groups excluding carboxylic acids is 1. The normalized spacial score (nSPS) is 10.4. The van der Waals surface area contributed by atoms with Crippen LogP contribution in [0.2, 0.25) is 0 Å². The minimum Gasteiger partial charge on any atom is -0.494 e. The summed E-state index contributed by atoms with van der Waals surface area (Å²) in [5, 5.41) is 7.16. The molecule has 1 heterocycles. The molecule has 21 heavy (non-hydrogen) atoms. The van der Waals surface area contributed by atoms with Gasteiger partial charge in [-0.1, -0.05) is 12.1 Å². The second kappa shape index (κ2) is 7.47. The molecular weight excluding hydrogens is 266 g/mol. The minimum atomic E-state index is 0.0250. The molecule has 0 aliphatic heterocycles. The summed E-state index contributed by atoms with van der Waals surface area (Å²) in [6.45, 7) is 5.67. The van der Waals surface area contributed by atoms with Crippen molar-refractivity contribution in [3.63, 3.8) is 0 Å². The Morgan fingerprint density at radius 1 is 1.29 bits per heavy atom. The average Bonchev–Trinajstić information content (AvgIpc) is 2.90. The molecule has 0 atom stereocenters. The van der Waals surface area contributed by atoms with Crippen molar-refractivity contribution in [1.82, 2.24) is 15.1 Å². The third-order valence-corrected chi connectivity index (χ3v) is 3.07. The van der Waals surface area contributed by atoms with Gasteiger partial charge >= 0.3 is 0 Å². The van der Waals surface area contributed by atoms with Gasteiger partial charge in [0.15, 0.2) is 0 Å². The van der Waals surface area contributed by atoms with Gasteiger partial charge in [0.25, 0.3) is 0 Å². The van der Waals surface area contributed by atoms with Crippen molar-refractivity contribution in [2.24, 2.45) is 0 Å². The van der Waals surface area contributed by atoms with E-state index in [1.54, 1.807) is 4.68 Å². The van der Waals surface area contributed by atoms with Crippen LogP contribution >= 0.6 is 0 Å². The number of nitrogens with one attached hydrogen (secondary N) is 1. The Hall–Kier alpha value is -2.30. The molecule has 5 heteroatoms. The van der Waals surface area contributed by atoms with E-state index < -0.39 is 0 Å². The van der Waals surface area contributed by atoms with Crippen LogP contribution in [0.15, 0.2) is 36.5 Å². The molecule has 0 radical (unpaired) electrons. The van der Waals surface area contributed by atoms with E-state index in [-0.39, 0.29) is 5.91 Å². The molecule has 0 saturated carbocycles. The van der Waals surface area contributed by atoms with Gasteiger partial charge in [0, 0.05) is 25.7 Å². The molecule has 1 aromatic heterocycles. The highest BCUT2D eigenvalue weighted by Crippen LogP contribution is 2.11. The molecule has 1 aromatic carbocycles. The molecule has 2 aromatic rings. The average molecular weight is 287 g/mol. The molecule has 0 fully saturated rings. The van der Waals surface area contributed by atoms with Crippen molar-refractivity contribution in [1.29, 1.82) is 0 Å². The predicted molar refractivity (Wildman–Crippen MR) is 81.0 cm³/mol. The highest BCUT2D eigenvalue weighted by Gasteiger charge is 2.03. The summed E-state index contributed by atoms with van der Waals surface area (Å²) in [6.07, 6.45) is 2.31. The Morgan fingerprint density at radius 2 is 2.05 bits per heavy atom. The summed E-state index contributed by atoms with van der Waals surface area (Å²) >= 11 is 0. The highest BCUT2D eigenvalue weighted by atomic mass is 16.5. The lowest BCUT2D eigenvalue weighted by Crippen LogP contribution is -2.24. The fourth-order valence-corrected chi connectivity index (χ4v) is 1.96. The van der Waals surface area contributed by atoms with Crippen molar-refractivity contribution in [3.8, 4) is 5.75 Å². The Morgan fingerprint density at radius 3 is 2.67 bits per heavy atom. The van der Waals surface area contributed by atoms with Crippen molar-refractivity contribution >= 4 is 5.91 Å². The van der Waals surface area contributed by atoms with Gasteiger partial charge in [0.2, 0.25) is 5.91 Å². The molecule has 1 N–H and O–H groups in total. The van der Waals surface area contributed by atoms with E-state index in [4.69, 9.17) is 4.74 Å². The lowest BCUT2D eigenvalue weighted by Gasteiger charge is -2.07. The van der Waals surface area contributed by atoms with Crippen LogP contribution in [0.4, 0.5) is 0 Å². The lowest BCUT2D eigenvalue weighted by molar-refractivity contribution is -0.121. The van der Waals surface area contributed by atoms with E-state index in [0.717, 1.165) is 17.0 Å². The van der Waals surface area contributed by atoms with Crippen LogP contribution in [0.25, 0.3) is 0 Å². The first kappa shape index (κ1) is 15.1. The quantitative estimate of drug-likeness (QED) is 0.850. The number of hydrogen-bond acceptors (Lipinski definition) is 3. The third kappa shape index (κ3) is 4.95. The molecule has 0 aliphatic carbocycles. The molecule has 0 aliphatic rings. The van der Waals surface area contributed by atoms with Gasteiger partial charge in [-0.25, -0.2) is 0 Å². The van der Waals surface area contributed by atoms with Crippen LogP contribution in [-0.2, 0) is 17.9 Å². The number of hydrogen-bond donors (Lipinski definition) is 1. The van der Waals surface area contributed by atoms with Crippen LogP contribution < -0.4 is 10.1 Å². The molecule has 1 amide bonds. The SMILES string of the molecule is CCOc1ccc(CNC(=O)CCn2ccc(C)n2)cc1. The molecule has 2 rings (SSSR count). The molecule has 112 valence electrons. The number of rotatable bonds is 7. The maximum atomic E-state index is 11.8. The van der Waals surface area contributed by atoms with Crippen molar-refractivity contribution in [2.75, 3.05) is 6.61 Å². The zero-order valence-corrected chi connectivity index (χ0v) is 12.5. The Bertz CT molecular complexity index is 575. The van der Waals surface area contributed by atoms with E-state index in [9.17, 15) is 4.79 Å². The second-order valence-electron chi connectivity index (χ2n) is 4.82. The molecular formula is C16H21N3O2. The third-order valence-electron chi connectivity index (χ3n) is 3.07. The standard InChI is InChI=1S/C16H21N3O2/c1-3-21-15-6-4-14(5-7-15)12-17-16(20)9-11-19-10-8-13(2)18-19/h4-8,10H,3,9,11-12H2,1-2H3,(H,17,20). The monoisotopic (exact) mass is 287 g/mol. The Labute approximate surface area is 124 Å². The molecule has 0 spiro atoms. The zero-order valence-electron chi connectivity index (χ0n) is 12.5. The maximum Gasteiger partial charge on any atom is 0.222 e. The molecule has 5 nitrogen and oxygen atoms in total. The van der Waals surface area contributed by atoms with Crippen LogP contribution in [0.3, 0.4) is 0 Å². The van der Waals surface area contributed by atoms with Crippen molar-refractivity contribution < 1.29 is 9.53 Å². The van der Waals surface area contributed by atoms with Crippen LogP contribution in [0, 0.1) is 6.92 Å². The van der Waals surface area contributed by atoms with Crippen LogP contribution in [-0.4, -0.2) is 22.3 Å². The second-order valence-corrected chi connectivity index (χ2v) is 4.82. The van der Waals surface area contributed by atoms with Crippen LogP contribution in [0.1, 0.15) is 24.6 Å². The van der Waals surface area contributed by atoms with E-state index in [1.165, 1.54) is 0 Å². The van der Waals surface area contributed by atoms with Gasteiger partial charge in [-0.2, -0.15) is 5.10 Å². The van der Waals surface area contributed by atoms with Gasteiger partial charge in [0.05, 0.1) is 12.3 Å². The summed E-state index contributed by atoms with van der Waals surface area (Å²) in [7, 11) is 0. The first-order chi connectivity index (χ1) is 10.2. The smallest absolute Gasteiger partial charge is 0.222 e. The van der Waals surface area contributed by atoms with Gasteiger partial charge in [-0.3, -0.25) is 9.48 Å². The number of benzene rings is 1. The number of nitrogens with zero attached hydrogens (tertiary/aromatic N) is 2. The van der Waals surface area contributed by atoms with E-state index >= 15 is 0 Å². The topological polar surface area (TPSA) is 56.1 Å². The molecule has 0 unspecified atom stereocenters. The van der Waals surface area contributed by atoms with E-state index in [1.807, 2.05) is 50.4 Å². The van der Waals surface area contributed by atoms with Gasteiger partial charge < -0.3 is 10.1 Å². The molecule has 0 saturated heterocycles. The Balaban J connectivity index is 1.73. The summed E-state index contributed by atoms with van der Waals surface area (Å²) in [6, 6.07) is 9.68. The maximum absolute atomic E-state index is 11.8. The summed E-state index contributed by atoms with van der Waals surface area (Å²) < 4.78 is 7.16. The minimum absolute atomic E-state index is 0.0250. The largest absolute Gasteiger partial charge is 0.494 e. The van der Waals surface area contributed by atoms with Crippen molar-refractivity contribution in [3.05, 3.63) is 47.8 Å². The first-order valence-electron chi connectivity index (χ1n) is 7.16. The summed E-state index contributed by atoms with van der Waals surface area (Å²) in [5.74, 6) is 0.874. The zero-order chi connectivity index (χ0) is 15.1. The number of amides is 1. The number of aryl methyl sites for hydroxylation is 2. The highest BCUT2D eigenvalue weighted by molar-refractivity contribution is 5.75.